The Morgan fingerprint density at radius 2 is 1.76 bits per heavy atom. The summed E-state index contributed by atoms with van der Waals surface area (Å²) in [6.07, 6.45) is 3.40. The van der Waals surface area contributed by atoms with Crippen LogP contribution in [0.5, 0.6) is 5.75 Å². The van der Waals surface area contributed by atoms with Gasteiger partial charge in [-0.05, 0) is 75.0 Å². The van der Waals surface area contributed by atoms with Gasteiger partial charge in [-0.2, -0.15) is 0 Å². The Hall–Kier alpha value is -2.75. The van der Waals surface area contributed by atoms with Crippen LogP contribution in [0.2, 0.25) is 0 Å². The molecule has 5 fully saturated rings. The smallest absolute Gasteiger partial charge is 0.334 e. The number of carbonyl (C=O) groups is 3. The molecule has 9 heteroatoms. The number of piperidine rings is 2. The summed E-state index contributed by atoms with van der Waals surface area (Å²) in [6, 6.07) is 9.29. The van der Waals surface area contributed by atoms with Crippen LogP contribution in [0.25, 0.3) is 0 Å². The van der Waals surface area contributed by atoms with Crippen LogP contribution in [0.4, 0.5) is 0 Å². The molecule has 1 spiro atoms. The molecule has 0 amide bonds. The second-order valence-electron chi connectivity index (χ2n) is 13.0. The van der Waals surface area contributed by atoms with Gasteiger partial charge in [-0.1, -0.05) is 18.2 Å². The van der Waals surface area contributed by atoms with Crippen molar-refractivity contribution >= 4 is 17.9 Å². The van der Waals surface area contributed by atoms with Gasteiger partial charge in [-0.3, -0.25) is 14.5 Å². The fourth-order valence-electron chi connectivity index (χ4n) is 10.7. The summed E-state index contributed by atoms with van der Waals surface area (Å²) in [6.45, 7) is 3.63. The molecule has 3 aliphatic carbocycles. The summed E-state index contributed by atoms with van der Waals surface area (Å²) in [4.78, 5) is 43.1. The Labute approximate surface area is 240 Å². The van der Waals surface area contributed by atoms with Gasteiger partial charge in [0.25, 0.3) is 0 Å². The molecule has 1 aromatic carbocycles. The minimum absolute atomic E-state index is 0.00168. The third kappa shape index (κ3) is 3.42. The molecule has 0 radical (unpaired) electrons. The van der Waals surface area contributed by atoms with Crippen LogP contribution in [0.3, 0.4) is 0 Å². The van der Waals surface area contributed by atoms with Crippen molar-refractivity contribution in [3.05, 3.63) is 41.5 Å². The van der Waals surface area contributed by atoms with Gasteiger partial charge in [-0.25, -0.2) is 4.79 Å². The molecule has 0 aromatic heterocycles. The first-order valence-corrected chi connectivity index (χ1v) is 15.0. The predicted molar refractivity (Wildman–Crippen MR) is 145 cm³/mol. The molecule has 1 unspecified atom stereocenters. The quantitative estimate of drug-likeness (QED) is 0.425. The average Bonchev–Trinajstić information content (AvgIpc) is 3.35. The molecule has 220 valence electrons. The molecule has 12 atom stereocenters. The van der Waals surface area contributed by atoms with Crippen LogP contribution in [0.1, 0.15) is 52.4 Å². The van der Waals surface area contributed by atoms with Crippen LogP contribution >= 0.6 is 0 Å². The SMILES string of the molecule is COC(=O)C1=C2[C@]3([C@@H]4C[C@H]5[C@H](CC[C@@H](C)N53)[C@]2(O)C4)[C@H]2CC[C@H](OC(C)=O)[C@H](OC)[C@@H]2[C@H]1C(=O)Oc1ccccc1. The van der Waals surface area contributed by atoms with E-state index in [1.165, 1.54) is 14.0 Å². The Balaban J connectivity index is 1.48. The maximum atomic E-state index is 14.3. The third-order valence-corrected chi connectivity index (χ3v) is 11.5. The van der Waals surface area contributed by atoms with Crippen molar-refractivity contribution in [1.82, 2.24) is 4.90 Å². The van der Waals surface area contributed by atoms with Crippen LogP contribution in [-0.2, 0) is 28.6 Å². The van der Waals surface area contributed by atoms with Crippen LogP contribution in [-0.4, -0.2) is 77.6 Å². The number of carbonyl (C=O) groups excluding carboxylic acids is 3. The first kappa shape index (κ1) is 27.1. The molecular formula is C32H39NO8. The van der Waals surface area contributed by atoms with Crippen molar-refractivity contribution in [2.24, 2.45) is 29.6 Å². The van der Waals surface area contributed by atoms with E-state index >= 15 is 0 Å². The number of esters is 3. The Kier molecular flexibility index (Phi) is 6.20. The normalized spacial score (nSPS) is 45.1. The lowest BCUT2D eigenvalue weighted by Gasteiger charge is -2.65. The summed E-state index contributed by atoms with van der Waals surface area (Å²) in [7, 11) is 2.90. The second-order valence-corrected chi connectivity index (χ2v) is 13.0. The highest BCUT2D eigenvalue weighted by molar-refractivity contribution is 5.99. The maximum absolute atomic E-state index is 14.3. The van der Waals surface area contributed by atoms with Crippen molar-refractivity contribution in [2.45, 2.75) is 87.8 Å². The van der Waals surface area contributed by atoms with Crippen LogP contribution < -0.4 is 4.74 Å². The monoisotopic (exact) mass is 565 g/mol. The molecule has 7 rings (SSSR count). The van der Waals surface area contributed by atoms with Gasteiger partial charge in [0, 0.05) is 38.0 Å². The molecule has 6 aliphatic rings. The first-order chi connectivity index (χ1) is 19.7. The van der Waals surface area contributed by atoms with E-state index in [9.17, 15) is 19.5 Å². The number of nitrogens with zero attached hydrogens (tertiary/aromatic N) is 1. The second kappa shape index (κ2) is 9.38. The summed E-state index contributed by atoms with van der Waals surface area (Å²) < 4.78 is 23.3. The largest absolute Gasteiger partial charge is 0.466 e. The van der Waals surface area contributed by atoms with Gasteiger partial charge in [0.1, 0.15) is 11.9 Å². The minimum Gasteiger partial charge on any atom is -0.466 e. The maximum Gasteiger partial charge on any atom is 0.334 e. The Morgan fingerprint density at radius 1 is 1.02 bits per heavy atom. The molecule has 41 heavy (non-hydrogen) atoms. The summed E-state index contributed by atoms with van der Waals surface area (Å²) in [5, 5.41) is 12.7. The topological polar surface area (TPSA) is 112 Å². The highest BCUT2D eigenvalue weighted by Crippen LogP contribution is 2.75. The van der Waals surface area contributed by atoms with E-state index in [1.807, 2.05) is 6.07 Å². The molecule has 1 aromatic rings. The zero-order valence-corrected chi connectivity index (χ0v) is 24.1. The van der Waals surface area contributed by atoms with E-state index in [4.69, 9.17) is 18.9 Å². The predicted octanol–water partition coefficient (Wildman–Crippen LogP) is 3.04. The van der Waals surface area contributed by atoms with Crippen molar-refractivity contribution < 1.29 is 38.4 Å². The van der Waals surface area contributed by atoms with Crippen molar-refractivity contribution in [3.8, 4) is 5.75 Å². The number of ether oxygens (including phenoxy) is 4. The molecule has 2 saturated carbocycles. The number of para-hydroxylation sites is 1. The Bertz CT molecular complexity index is 1310. The molecule has 5 bridgehead atoms. The number of hydrogen-bond acceptors (Lipinski definition) is 9. The summed E-state index contributed by atoms with van der Waals surface area (Å²) in [5.41, 5.74) is -0.857. The van der Waals surface area contributed by atoms with Gasteiger partial charge in [0.15, 0.2) is 0 Å². The van der Waals surface area contributed by atoms with Crippen molar-refractivity contribution in [2.75, 3.05) is 14.2 Å². The first-order valence-electron chi connectivity index (χ1n) is 15.0. The number of benzene rings is 1. The van der Waals surface area contributed by atoms with E-state index < -0.39 is 53.1 Å². The fraction of sp³-hybridized carbons (Fsp3) is 0.656. The summed E-state index contributed by atoms with van der Waals surface area (Å²) in [5.74, 6) is -2.81. The van der Waals surface area contributed by atoms with Crippen molar-refractivity contribution in [3.63, 3.8) is 0 Å². The number of hydrogen-bond donors (Lipinski definition) is 1. The van der Waals surface area contributed by atoms with E-state index in [0.717, 1.165) is 19.3 Å². The van der Waals surface area contributed by atoms with Gasteiger partial charge in [0.2, 0.25) is 0 Å². The number of rotatable bonds is 5. The average molecular weight is 566 g/mol. The molecule has 3 heterocycles. The van der Waals surface area contributed by atoms with E-state index in [0.29, 0.717) is 30.6 Å². The number of fused-ring (bicyclic) bond motifs is 2. The van der Waals surface area contributed by atoms with Crippen LogP contribution in [0.15, 0.2) is 41.5 Å². The highest BCUT2D eigenvalue weighted by atomic mass is 16.6. The third-order valence-electron chi connectivity index (χ3n) is 11.5. The number of aliphatic hydroxyl groups is 1. The lowest BCUT2D eigenvalue weighted by Crippen LogP contribution is -2.73. The van der Waals surface area contributed by atoms with Gasteiger partial charge in [0.05, 0.1) is 35.8 Å². The minimum atomic E-state index is -1.18. The molecular weight excluding hydrogens is 526 g/mol. The van der Waals surface area contributed by atoms with Crippen molar-refractivity contribution in [1.29, 1.82) is 0 Å². The van der Waals surface area contributed by atoms with Gasteiger partial charge >= 0.3 is 17.9 Å². The zero-order valence-electron chi connectivity index (χ0n) is 24.1. The molecule has 3 aliphatic heterocycles. The standard InChI is InChI=1S/C32H39NO8/c1-16-10-11-20-22-14-18-15-31(20,37)28-26(29(35)39-4)25(30(36)41-19-8-6-5-7-9-19)24-21(32(18,28)33(16)22)12-13-23(27(24)38-3)40-17(2)34/h5-9,16,18,20-25,27,37H,10-15H2,1-4H3/t16-,18-,20+,21+,22+,23+,24+,25-,27+,31-,32+/m1/s1. The summed E-state index contributed by atoms with van der Waals surface area (Å²) >= 11 is 0. The lowest BCUT2D eigenvalue weighted by atomic mass is 9.50. The zero-order chi connectivity index (χ0) is 28.8. The molecule has 1 N–H and O–H groups in total. The fourth-order valence-corrected chi connectivity index (χ4v) is 10.7. The highest BCUT2D eigenvalue weighted by Gasteiger charge is 2.81. The molecule has 9 nitrogen and oxygen atoms in total. The van der Waals surface area contributed by atoms with E-state index in [-0.39, 0.29) is 35.4 Å². The van der Waals surface area contributed by atoms with E-state index in [2.05, 4.69) is 11.8 Å². The molecule has 3 saturated heterocycles. The van der Waals surface area contributed by atoms with E-state index in [1.54, 1.807) is 31.4 Å². The van der Waals surface area contributed by atoms with Gasteiger partial charge < -0.3 is 24.1 Å². The lowest BCUT2D eigenvalue weighted by molar-refractivity contribution is -0.189. The number of methoxy groups -OCH3 is 2. The van der Waals surface area contributed by atoms with Crippen LogP contribution in [0, 0.1) is 29.6 Å². The van der Waals surface area contributed by atoms with Gasteiger partial charge in [-0.15, -0.1) is 0 Å². The Morgan fingerprint density at radius 3 is 2.44 bits per heavy atom.